The molecule has 1 aliphatic rings. The molecule has 10 nitrogen and oxygen atoms in total. The van der Waals surface area contributed by atoms with Gasteiger partial charge in [0.2, 0.25) is 0 Å². The fourth-order valence-corrected chi connectivity index (χ4v) is 6.71. The third-order valence-corrected chi connectivity index (χ3v) is 8.63. The Morgan fingerprint density at radius 3 is 2.45 bits per heavy atom. The summed E-state index contributed by atoms with van der Waals surface area (Å²) in [5, 5.41) is 27.8. The van der Waals surface area contributed by atoms with E-state index < -0.39 is 18.0 Å². The monoisotopic (exact) mass is 600 g/mol. The molecule has 1 aliphatic heterocycles. The van der Waals surface area contributed by atoms with Gasteiger partial charge in [0.25, 0.3) is 0 Å². The number of benzene rings is 2. The summed E-state index contributed by atoms with van der Waals surface area (Å²) in [5.74, 6) is -2.27. The number of ether oxygens (including phenoxy) is 1. The van der Waals surface area contributed by atoms with Gasteiger partial charge in [0.15, 0.2) is 0 Å². The number of hydrogen-bond acceptors (Lipinski definition) is 8. The van der Waals surface area contributed by atoms with Gasteiger partial charge < -0.3 is 39.7 Å². The van der Waals surface area contributed by atoms with E-state index in [1.807, 2.05) is 35.6 Å². The number of aryl methyl sites for hydroxylation is 1. The van der Waals surface area contributed by atoms with Gasteiger partial charge in [-0.05, 0) is 101 Å². The molecule has 228 valence electrons. The molecule has 0 saturated carbocycles. The van der Waals surface area contributed by atoms with E-state index in [1.165, 1.54) is 16.5 Å². The van der Waals surface area contributed by atoms with Crippen molar-refractivity contribution in [3.8, 4) is 5.75 Å². The lowest BCUT2D eigenvalue weighted by Crippen LogP contribution is -2.40. The summed E-state index contributed by atoms with van der Waals surface area (Å²) in [6.45, 7) is 4.10. The smallest absolute Gasteiger partial charge is 0.414 e. The second-order valence-electron chi connectivity index (χ2n) is 10.6. The number of hydrogen-bond donors (Lipinski definition) is 3. The lowest BCUT2D eigenvalue weighted by molar-refractivity contribution is -0.159. The Hall–Kier alpha value is -3.48. The van der Waals surface area contributed by atoms with Crippen molar-refractivity contribution < 1.29 is 39.5 Å². The fourth-order valence-electron chi connectivity index (χ4n) is 5.28. The third kappa shape index (κ3) is 8.76. The molecule has 0 spiro atoms. The van der Waals surface area contributed by atoms with E-state index in [-0.39, 0.29) is 12.1 Å². The largest absolute Gasteiger partial charge is 0.490 e. The summed E-state index contributed by atoms with van der Waals surface area (Å²) in [6, 6.07) is 16.6. The molecule has 42 heavy (non-hydrogen) atoms. The van der Waals surface area contributed by atoms with Crippen molar-refractivity contribution >= 4 is 44.3 Å². The molecule has 5 N–H and O–H groups in total. The van der Waals surface area contributed by atoms with Crippen molar-refractivity contribution in [2.75, 3.05) is 46.9 Å². The zero-order valence-corrected chi connectivity index (χ0v) is 24.8. The molecule has 11 heteroatoms. The lowest BCUT2D eigenvalue weighted by Gasteiger charge is -2.33. The van der Waals surface area contributed by atoms with Crippen LogP contribution in [-0.2, 0) is 16.0 Å². The van der Waals surface area contributed by atoms with Crippen LogP contribution in [0.2, 0.25) is 0 Å². The van der Waals surface area contributed by atoms with E-state index in [4.69, 9.17) is 29.0 Å². The Kier molecular flexibility index (Phi) is 12.3. The average Bonchev–Trinajstić information content (AvgIpc) is 3.58. The normalized spacial score (nSPS) is 14.8. The van der Waals surface area contributed by atoms with Gasteiger partial charge in [-0.25, -0.2) is 9.59 Å². The average molecular weight is 601 g/mol. The maximum atomic E-state index is 10.7. The standard InChI is InChI=1S/C29H36N2O3S.C2H2O4.H2O/c1-30(2)15-6-8-24-23-7-3-4-11-28(23)35-29(24)21-12-16-31(17-13-21)19-22(32)20-34-27-10-5-9-26-25(27)14-18-33-26;3-1(4)2(5)6;/h3-5,7,9-11,14,18,21-22,32H,6,8,12-13,15-17,19-20H2,1-2H3;(H,3,4)(H,5,6);1H2/t22-;;/m0../s1. The Labute approximate surface area is 249 Å². The Bertz CT molecular complexity index is 1430. The van der Waals surface area contributed by atoms with Crippen molar-refractivity contribution in [3.05, 3.63) is 65.2 Å². The van der Waals surface area contributed by atoms with E-state index in [1.54, 1.807) is 16.7 Å². The molecule has 0 radical (unpaired) electrons. The SMILES string of the molecule is CN(C)CCCc1c(C2CCN(C[C@H](O)COc3cccc4occc34)CC2)sc2ccccc12.O.O=C(O)C(=O)O. The first kappa shape index (κ1) is 33.0. The van der Waals surface area contributed by atoms with E-state index >= 15 is 0 Å². The molecule has 1 fully saturated rings. The van der Waals surface area contributed by atoms with Crippen molar-refractivity contribution in [1.29, 1.82) is 0 Å². The molecular weight excluding hydrogens is 560 g/mol. The Morgan fingerprint density at radius 1 is 1.05 bits per heavy atom. The first-order valence-electron chi connectivity index (χ1n) is 13.8. The van der Waals surface area contributed by atoms with Crippen LogP contribution < -0.4 is 4.74 Å². The van der Waals surface area contributed by atoms with Crippen LogP contribution in [0.25, 0.3) is 21.1 Å². The molecular formula is C31H40N2O8S. The topological polar surface area (TPSA) is 155 Å². The minimum Gasteiger partial charge on any atom is -0.490 e. The van der Waals surface area contributed by atoms with Crippen molar-refractivity contribution in [2.24, 2.45) is 0 Å². The molecule has 0 aliphatic carbocycles. The summed E-state index contributed by atoms with van der Waals surface area (Å²) in [6.07, 6.45) is 5.79. The zero-order valence-electron chi connectivity index (χ0n) is 24.0. The van der Waals surface area contributed by atoms with Crippen LogP contribution in [0.1, 0.15) is 35.6 Å². The molecule has 1 atom stereocenters. The number of piperidine rings is 1. The summed E-state index contributed by atoms with van der Waals surface area (Å²) < 4.78 is 12.8. The minimum absolute atomic E-state index is 0. The number of carboxylic acids is 2. The molecule has 5 rings (SSSR count). The number of aliphatic hydroxyl groups is 1. The van der Waals surface area contributed by atoms with Gasteiger partial charge in [0.1, 0.15) is 24.0 Å². The van der Waals surface area contributed by atoms with E-state index in [0.29, 0.717) is 12.5 Å². The maximum Gasteiger partial charge on any atom is 0.414 e. The number of carbonyl (C=O) groups is 2. The van der Waals surface area contributed by atoms with E-state index in [2.05, 4.69) is 48.2 Å². The van der Waals surface area contributed by atoms with Crippen LogP contribution in [0, 0.1) is 0 Å². The fraction of sp³-hybridized carbons (Fsp3) is 0.419. The maximum absolute atomic E-state index is 10.7. The first-order valence-corrected chi connectivity index (χ1v) is 14.6. The molecule has 0 unspecified atom stereocenters. The lowest BCUT2D eigenvalue weighted by atomic mass is 9.90. The molecule has 3 heterocycles. The minimum atomic E-state index is -1.82. The van der Waals surface area contributed by atoms with Gasteiger partial charge in [0, 0.05) is 16.1 Å². The number of fused-ring (bicyclic) bond motifs is 2. The van der Waals surface area contributed by atoms with Gasteiger partial charge in [-0.2, -0.15) is 0 Å². The summed E-state index contributed by atoms with van der Waals surface area (Å²) >= 11 is 2.00. The highest BCUT2D eigenvalue weighted by Crippen LogP contribution is 2.41. The molecule has 2 aromatic heterocycles. The number of likely N-dealkylation sites (tertiary alicyclic amines) is 1. The van der Waals surface area contributed by atoms with E-state index in [9.17, 15) is 5.11 Å². The highest BCUT2D eigenvalue weighted by atomic mass is 32.1. The van der Waals surface area contributed by atoms with Gasteiger partial charge in [-0.3, -0.25) is 0 Å². The van der Waals surface area contributed by atoms with Gasteiger partial charge in [-0.15, -0.1) is 11.3 Å². The number of nitrogens with zero attached hydrogens (tertiary/aromatic N) is 2. The number of rotatable bonds is 10. The molecule has 1 saturated heterocycles. The van der Waals surface area contributed by atoms with Crippen LogP contribution in [0.4, 0.5) is 0 Å². The number of aliphatic carboxylic acids is 2. The number of carboxylic acid groups (broad SMARTS) is 2. The molecule has 4 aromatic rings. The van der Waals surface area contributed by atoms with Gasteiger partial charge in [0.05, 0.1) is 11.6 Å². The van der Waals surface area contributed by atoms with Crippen LogP contribution in [0.15, 0.2) is 59.2 Å². The van der Waals surface area contributed by atoms with Crippen molar-refractivity contribution in [3.63, 3.8) is 0 Å². The summed E-state index contributed by atoms with van der Waals surface area (Å²) in [7, 11) is 4.30. The molecule has 2 aromatic carbocycles. The highest BCUT2D eigenvalue weighted by Gasteiger charge is 2.26. The number of aliphatic hydroxyl groups excluding tert-OH is 1. The Balaban J connectivity index is 0.000000628. The summed E-state index contributed by atoms with van der Waals surface area (Å²) in [5.41, 5.74) is 2.38. The molecule has 0 amide bonds. The van der Waals surface area contributed by atoms with Gasteiger partial charge in [-0.1, -0.05) is 24.3 Å². The van der Waals surface area contributed by atoms with Crippen LogP contribution in [0.5, 0.6) is 5.75 Å². The third-order valence-electron chi connectivity index (χ3n) is 7.26. The highest BCUT2D eigenvalue weighted by molar-refractivity contribution is 7.19. The predicted molar refractivity (Wildman–Crippen MR) is 164 cm³/mol. The van der Waals surface area contributed by atoms with Crippen LogP contribution in [0.3, 0.4) is 0 Å². The van der Waals surface area contributed by atoms with Gasteiger partial charge >= 0.3 is 11.9 Å². The Morgan fingerprint density at radius 2 is 1.76 bits per heavy atom. The predicted octanol–water partition coefficient (Wildman–Crippen LogP) is 4.09. The second-order valence-corrected chi connectivity index (χ2v) is 11.7. The second kappa shape index (κ2) is 15.7. The molecule has 0 bridgehead atoms. The first-order chi connectivity index (χ1) is 19.7. The van der Waals surface area contributed by atoms with Crippen molar-refractivity contribution in [1.82, 2.24) is 9.80 Å². The number of β-amino-alcohol motifs (C(OH)–C–C–N with tert-alkyl or cyclic N) is 1. The summed E-state index contributed by atoms with van der Waals surface area (Å²) in [4.78, 5) is 24.5. The van der Waals surface area contributed by atoms with Crippen LogP contribution >= 0.6 is 11.3 Å². The van der Waals surface area contributed by atoms with E-state index in [0.717, 1.165) is 55.6 Å². The zero-order chi connectivity index (χ0) is 29.4. The quantitative estimate of drug-likeness (QED) is 0.228. The van der Waals surface area contributed by atoms with Crippen LogP contribution in [-0.4, -0.2) is 95.5 Å². The number of furan rings is 1. The number of thiophene rings is 1. The van der Waals surface area contributed by atoms with Crippen molar-refractivity contribution in [2.45, 2.75) is 37.7 Å².